The van der Waals surface area contributed by atoms with E-state index in [1.54, 1.807) is 18.3 Å². The molecule has 0 radical (unpaired) electrons. The Hall–Kier alpha value is -3.93. The van der Waals surface area contributed by atoms with Gasteiger partial charge in [0.05, 0.1) is 12.4 Å². The first-order valence-electron chi connectivity index (χ1n) is 8.70. The van der Waals surface area contributed by atoms with Gasteiger partial charge in [-0.15, -0.1) is 0 Å². The molecule has 0 heterocycles. The zero-order chi connectivity index (χ0) is 19.9. The number of primary amides is 1. The second-order valence-corrected chi connectivity index (χ2v) is 6.30. The predicted octanol–water partition coefficient (Wildman–Crippen LogP) is 2.63. The van der Waals surface area contributed by atoms with Crippen molar-refractivity contribution in [2.45, 2.75) is 6.42 Å². The normalized spacial score (nSPS) is 11.3. The molecule has 0 aliphatic carbocycles. The molecule has 28 heavy (non-hydrogen) atoms. The van der Waals surface area contributed by atoms with Crippen LogP contribution in [0, 0.1) is 0 Å². The van der Waals surface area contributed by atoms with E-state index in [1.807, 2.05) is 54.6 Å². The Morgan fingerprint density at radius 2 is 1.54 bits per heavy atom. The fraction of sp³-hybridized carbons (Fsp3) is 0.0455. The van der Waals surface area contributed by atoms with Gasteiger partial charge in [-0.2, -0.15) is 10.2 Å². The summed E-state index contributed by atoms with van der Waals surface area (Å²) in [4.78, 5) is 11.9. The highest BCUT2D eigenvalue weighted by Crippen LogP contribution is 2.27. The summed E-state index contributed by atoms with van der Waals surface area (Å²) in [6.07, 6.45) is 3.68. The standard InChI is InChI=1S/C22H21N5O/c23-22(28)21-9-8-16(14-27-25)11-19(21)12-18-5-1-2-7-20(18)17-6-3-4-15(10-17)13-26-24/h1-11,13-14H,12,24-25H2,(H2,23,28). The van der Waals surface area contributed by atoms with Gasteiger partial charge in [0.1, 0.15) is 0 Å². The summed E-state index contributed by atoms with van der Waals surface area (Å²) in [5, 5.41) is 7.15. The molecule has 0 aliphatic rings. The van der Waals surface area contributed by atoms with Crippen LogP contribution in [-0.4, -0.2) is 18.3 Å². The number of amides is 1. The lowest BCUT2D eigenvalue weighted by molar-refractivity contribution is 0.0999. The lowest BCUT2D eigenvalue weighted by atomic mass is 9.91. The summed E-state index contributed by atoms with van der Waals surface area (Å²) in [6.45, 7) is 0. The third-order valence-corrected chi connectivity index (χ3v) is 4.44. The Morgan fingerprint density at radius 1 is 0.821 bits per heavy atom. The summed E-state index contributed by atoms with van der Waals surface area (Å²) in [6, 6.07) is 21.3. The largest absolute Gasteiger partial charge is 0.366 e. The number of carbonyl (C=O) groups excluding carboxylic acids is 1. The van der Waals surface area contributed by atoms with Gasteiger partial charge in [0, 0.05) is 5.56 Å². The van der Waals surface area contributed by atoms with Crippen LogP contribution in [0.4, 0.5) is 0 Å². The van der Waals surface area contributed by atoms with Gasteiger partial charge in [0.25, 0.3) is 0 Å². The summed E-state index contributed by atoms with van der Waals surface area (Å²) in [7, 11) is 0. The highest BCUT2D eigenvalue weighted by atomic mass is 16.1. The quantitative estimate of drug-likeness (QED) is 0.351. The van der Waals surface area contributed by atoms with E-state index >= 15 is 0 Å². The minimum Gasteiger partial charge on any atom is -0.366 e. The summed E-state index contributed by atoms with van der Waals surface area (Å²) < 4.78 is 0. The molecule has 0 saturated heterocycles. The number of hydrogen-bond acceptors (Lipinski definition) is 5. The first-order valence-corrected chi connectivity index (χ1v) is 8.70. The molecule has 140 valence electrons. The van der Waals surface area contributed by atoms with E-state index in [9.17, 15) is 4.79 Å². The van der Waals surface area contributed by atoms with Crippen LogP contribution in [0.2, 0.25) is 0 Å². The van der Waals surface area contributed by atoms with Gasteiger partial charge in [-0.3, -0.25) is 4.79 Å². The number of hydrogen-bond donors (Lipinski definition) is 3. The number of nitrogens with zero attached hydrogens (tertiary/aromatic N) is 2. The van der Waals surface area contributed by atoms with Crippen LogP contribution in [0.15, 0.2) is 76.9 Å². The maximum atomic E-state index is 11.9. The van der Waals surface area contributed by atoms with Crippen molar-refractivity contribution in [1.82, 2.24) is 0 Å². The van der Waals surface area contributed by atoms with E-state index in [2.05, 4.69) is 10.2 Å². The lowest BCUT2D eigenvalue weighted by Gasteiger charge is -2.13. The minimum absolute atomic E-state index is 0.468. The van der Waals surface area contributed by atoms with Gasteiger partial charge in [-0.05, 0) is 58.0 Å². The van der Waals surface area contributed by atoms with Gasteiger partial charge >= 0.3 is 0 Å². The molecule has 0 spiro atoms. The van der Waals surface area contributed by atoms with Crippen molar-refractivity contribution in [3.8, 4) is 11.1 Å². The zero-order valence-corrected chi connectivity index (χ0v) is 15.2. The Balaban J connectivity index is 2.06. The van der Waals surface area contributed by atoms with E-state index < -0.39 is 5.91 Å². The predicted molar refractivity (Wildman–Crippen MR) is 113 cm³/mol. The van der Waals surface area contributed by atoms with Gasteiger partial charge in [0.2, 0.25) is 5.91 Å². The molecule has 0 aliphatic heterocycles. The summed E-state index contributed by atoms with van der Waals surface area (Å²) in [5.41, 5.74) is 11.7. The van der Waals surface area contributed by atoms with Gasteiger partial charge in [-0.1, -0.05) is 48.5 Å². The third kappa shape index (κ3) is 4.24. The molecule has 0 saturated carbocycles. The van der Waals surface area contributed by atoms with Crippen LogP contribution in [0.1, 0.15) is 32.6 Å². The molecule has 0 unspecified atom stereocenters. The molecule has 0 bridgehead atoms. The lowest BCUT2D eigenvalue weighted by Crippen LogP contribution is -2.14. The number of hydrazone groups is 2. The van der Waals surface area contributed by atoms with E-state index in [-0.39, 0.29) is 0 Å². The molecule has 6 N–H and O–H groups in total. The zero-order valence-electron chi connectivity index (χ0n) is 15.2. The average Bonchev–Trinajstić information content (AvgIpc) is 2.69. The van der Waals surface area contributed by atoms with E-state index in [0.29, 0.717) is 12.0 Å². The van der Waals surface area contributed by atoms with Crippen LogP contribution < -0.4 is 17.4 Å². The van der Waals surface area contributed by atoms with E-state index in [1.165, 1.54) is 6.21 Å². The van der Waals surface area contributed by atoms with Gasteiger partial charge in [-0.25, -0.2) is 0 Å². The fourth-order valence-electron chi connectivity index (χ4n) is 3.20. The summed E-state index contributed by atoms with van der Waals surface area (Å²) >= 11 is 0. The van der Waals surface area contributed by atoms with E-state index in [4.69, 9.17) is 17.4 Å². The van der Waals surface area contributed by atoms with E-state index in [0.717, 1.165) is 33.4 Å². The molecule has 6 heteroatoms. The first kappa shape index (κ1) is 18.8. The Morgan fingerprint density at radius 3 is 2.25 bits per heavy atom. The number of nitrogens with two attached hydrogens (primary N) is 3. The number of benzene rings is 3. The van der Waals surface area contributed by atoms with Crippen molar-refractivity contribution in [1.29, 1.82) is 0 Å². The SMILES string of the molecule is NN=Cc1cccc(-c2ccccc2Cc2cc(C=NN)ccc2C(N)=O)c1. The van der Waals surface area contributed by atoms with Crippen molar-refractivity contribution < 1.29 is 4.79 Å². The smallest absolute Gasteiger partial charge is 0.248 e. The fourth-order valence-corrected chi connectivity index (χ4v) is 3.20. The molecule has 0 atom stereocenters. The molecule has 6 nitrogen and oxygen atoms in total. The van der Waals surface area contributed by atoms with Crippen molar-refractivity contribution in [2.24, 2.45) is 27.6 Å². The minimum atomic E-state index is -0.468. The van der Waals surface area contributed by atoms with Crippen molar-refractivity contribution in [3.63, 3.8) is 0 Å². The molecular formula is C22H21N5O. The maximum absolute atomic E-state index is 11.9. The Kier molecular flexibility index (Phi) is 5.81. The molecule has 1 amide bonds. The monoisotopic (exact) mass is 371 g/mol. The van der Waals surface area contributed by atoms with Crippen LogP contribution in [0.5, 0.6) is 0 Å². The van der Waals surface area contributed by atoms with Crippen molar-refractivity contribution in [2.75, 3.05) is 0 Å². The van der Waals surface area contributed by atoms with Crippen LogP contribution in [0.25, 0.3) is 11.1 Å². The first-order chi connectivity index (χ1) is 13.6. The number of rotatable bonds is 6. The molecule has 3 aromatic carbocycles. The average molecular weight is 371 g/mol. The molecule has 0 fully saturated rings. The van der Waals surface area contributed by atoms with Gasteiger partial charge < -0.3 is 17.4 Å². The molecule has 0 aromatic heterocycles. The van der Waals surface area contributed by atoms with Crippen molar-refractivity contribution >= 4 is 18.3 Å². The van der Waals surface area contributed by atoms with Crippen LogP contribution in [-0.2, 0) is 6.42 Å². The summed E-state index contributed by atoms with van der Waals surface area (Å²) in [5.74, 6) is 10.1. The van der Waals surface area contributed by atoms with Gasteiger partial charge in [0.15, 0.2) is 0 Å². The van der Waals surface area contributed by atoms with Crippen molar-refractivity contribution in [3.05, 3.63) is 94.5 Å². The second kappa shape index (κ2) is 8.64. The molecular weight excluding hydrogens is 350 g/mol. The highest BCUT2D eigenvalue weighted by Gasteiger charge is 2.12. The number of carbonyl (C=O) groups is 1. The molecule has 3 rings (SSSR count). The Labute approximate surface area is 163 Å². The van der Waals surface area contributed by atoms with Crippen LogP contribution >= 0.6 is 0 Å². The Bertz CT molecular complexity index is 1060. The topological polar surface area (TPSA) is 120 Å². The maximum Gasteiger partial charge on any atom is 0.248 e. The van der Waals surface area contributed by atoms with Crippen LogP contribution in [0.3, 0.4) is 0 Å². The second-order valence-electron chi connectivity index (χ2n) is 6.30. The molecule has 3 aromatic rings. The third-order valence-electron chi connectivity index (χ3n) is 4.44. The highest BCUT2D eigenvalue weighted by molar-refractivity contribution is 5.95.